The van der Waals surface area contributed by atoms with Gasteiger partial charge >= 0.3 is 5.97 Å². The van der Waals surface area contributed by atoms with Crippen LogP contribution in [0.15, 0.2) is 77.7 Å². The van der Waals surface area contributed by atoms with Gasteiger partial charge in [-0.05, 0) is 66.7 Å². The van der Waals surface area contributed by atoms with Crippen molar-refractivity contribution in [2.45, 2.75) is 4.90 Å². The maximum atomic E-state index is 13.4. The zero-order chi connectivity index (χ0) is 24.0. The van der Waals surface area contributed by atoms with E-state index in [0.717, 1.165) is 4.31 Å². The second-order valence-electron chi connectivity index (χ2n) is 6.78. The molecule has 0 heterocycles. The molecule has 0 spiro atoms. The van der Waals surface area contributed by atoms with Gasteiger partial charge in [-0.3, -0.25) is 9.10 Å². The van der Waals surface area contributed by atoms with E-state index in [1.54, 1.807) is 18.2 Å². The van der Waals surface area contributed by atoms with Gasteiger partial charge < -0.3 is 14.8 Å². The number of esters is 1. The fraction of sp³-hybridized carbons (Fsp3) is 0.130. The molecular formula is C23H21ClN2O6S. The maximum absolute atomic E-state index is 13.4. The Morgan fingerprint density at radius 1 is 0.970 bits per heavy atom. The summed E-state index contributed by atoms with van der Waals surface area (Å²) in [5, 5.41) is 2.95. The van der Waals surface area contributed by atoms with E-state index >= 15 is 0 Å². The first-order valence-electron chi connectivity index (χ1n) is 9.65. The Morgan fingerprint density at radius 3 is 2.21 bits per heavy atom. The van der Waals surface area contributed by atoms with Crippen LogP contribution in [0.5, 0.6) is 5.75 Å². The van der Waals surface area contributed by atoms with Gasteiger partial charge in [0.05, 0.1) is 30.4 Å². The Morgan fingerprint density at radius 2 is 1.64 bits per heavy atom. The largest absolute Gasteiger partial charge is 0.497 e. The molecule has 0 atom stereocenters. The number of sulfonamides is 1. The van der Waals surface area contributed by atoms with Crippen molar-refractivity contribution < 1.29 is 27.5 Å². The lowest BCUT2D eigenvalue weighted by atomic mass is 10.2. The Labute approximate surface area is 196 Å². The Hall–Kier alpha value is -3.56. The molecular weight excluding hydrogens is 468 g/mol. The molecule has 0 bridgehead atoms. The molecule has 172 valence electrons. The van der Waals surface area contributed by atoms with Crippen LogP contribution in [-0.2, 0) is 19.6 Å². The molecule has 0 saturated carbocycles. The maximum Gasteiger partial charge on any atom is 0.337 e. The quantitative estimate of drug-likeness (QED) is 0.481. The van der Waals surface area contributed by atoms with Gasteiger partial charge in [-0.1, -0.05) is 17.7 Å². The molecule has 1 N–H and O–H groups in total. The van der Waals surface area contributed by atoms with E-state index in [9.17, 15) is 18.0 Å². The summed E-state index contributed by atoms with van der Waals surface area (Å²) < 4.78 is 37.5. The fourth-order valence-corrected chi connectivity index (χ4v) is 4.56. The van der Waals surface area contributed by atoms with Gasteiger partial charge in [0.2, 0.25) is 5.91 Å². The molecule has 3 rings (SSSR count). The summed E-state index contributed by atoms with van der Waals surface area (Å²) in [6.45, 7) is -0.506. The van der Waals surface area contributed by atoms with Crippen molar-refractivity contribution in [3.8, 4) is 5.75 Å². The van der Waals surface area contributed by atoms with Crippen LogP contribution in [0.25, 0.3) is 0 Å². The average molecular weight is 489 g/mol. The number of halogens is 1. The highest BCUT2D eigenvalue weighted by atomic mass is 35.5. The molecule has 0 saturated heterocycles. The number of rotatable bonds is 8. The molecule has 1 amide bonds. The summed E-state index contributed by atoms with van der Waals surface area (Å²) in [5.74, 6) is -0.597. The van der Waals surface area contributed by atoms with Crippen LogP contribution >= 0.6 is 11.6 Å². The molecule has 0 fully saturated rings. The van der Waals surface area contributed by atoms with Crippen molar-refractivity contribution in [3.63, 3.8) is 0 Å². The van der Waals surface area contributed by atoms with Crippen molar-refractivity contribution in [1.82, 2.24) is 0 Å². The van der Waals surface area contributed by atoms with Gasteiger partial charge in [0.15, 0.2) is 0 Å². The van der Waals surface area contributed by atoms with Crippen molar-refractivity contribution in [2.75, 3.05) is 30.4 Å². The van der Waals surface area contributed by atoms with Crippen molar-refractivity contribution in [3.05, 3.63) is 83.4 Å². The number of nitrogens with zero attached hydrogens (tertiary/aromatic N) is 1. The molecule has 3 aromatic rings. The van der Waals surface area contributed by atoms with E-state index in [4.69, 9.17) is 16.3 Å². The summed E-state index contributed by atoms with van der Waals surface area (Å²) in [6, 6.07) is 18.1. The van der Waals surface area contributed by atoms with E-state index in [2.05, 4.69) is 10.1 Å². The molecule has 3 aromatic carbocycles. The normalized spacial score (nSPS) is 10.9. The summed E-state index contributed by atoms with van der Waals surface area (Å²) in [4.78, 5) is 24.3. The van der Waals surface area contributed by atoms with Gasteiger partial charge in [0.25, 0.3) is 10.0 Å². The Bertz CT molecular complexity index is 1240. The van der Waals surface area contributed by atoms with E-state index in [1.807, 2.05) is 0 Å². The Balaban J connectivity index is 1.88. The molecule has 8 nitrogen and oxygen atoms in total. The van der Waals surface area contributed by atoms with E-state index < -0.39 is 28.4 Å². The number of anilines is 2. The SMILES string of the molecule is COC(=O)c1ccc(NC(=O)CN(c2cccc(Cl)c2)S(=O)(=O)c2ccc(OC)cc2)cc1. The number of hydrogen-bond donors (Lipinski definition) is 1. The van der Waals surface area contributed by atoms with Crippen LogP contribution in [0.2, 0.25) is 5.02 Å². The van der Waals surface area contributed by atoms with E-state index in [1.165, 1.54) is 68.8 Å². The first kappa shape index (κ1) is 24.1. The summed E-state index contributed by atoms with van der Waals surface area (Å²) in [7, 11) is -1.36. The minimum Gasteiger partial charge on any atom is -0.497 e. The molecule has 0 aliphatic carbocycles. The van der Waals surface area contributed by atoms with Crippen LogP contribution in [0.3, 0.4) is 0 Å². The monoisotopic (exact) mass is 488 g/mol. The lowest BCUT2D eigenvalue weighted by molar-refractivity contribution is -0.114. The molecule has 10 heteroatoms. The zero-order valence-electron chi connectivity index (χ0n) is 17.8. The minimum atomic E-state index is -4.11. The third-order valence-electron chi connectivity index (χ3n) is 4.62. The molecule has 0 aromatic heterocycles. The van der Waals surface area contributed by atoms with Gasteiger partial charge in [-0.15, -0.1) is 0 Å². The summed E-state index contributed by atoms with van der Waals surface area (Å²) in [6.07, 6.45) is 0. The smallest absolute Gasteiger partial charge is 0.337 e. The lowest BCUT2D eigenvalue weighted by Crippen LogP contribution is -2.38. The summed E-state index contributed by atoms with van der Waals surface area (Å²) >= 11 is 6.07. The highest BCUT2D eigenvalue weighted by molar-refractivity contribution is 7.92. The first-order valence-corrected chi connectivity index (χ1v) is 11.5. The molecule has 33 heavy (non-hydrogen) atoms. The Kier molecular flexibility index (Phi) is 7.57. The number of benzene rings is 3. The third kappa shape index (κ3) is 5.82. The summed E-state index contributed by atoms with van der Waals surface area (Å²) in [5.41, 5.74) is 0.938. The predicted octanol–water partition coefficient (Wildman–Crippen LogP) is 3.97. The van der Waals surface area contributed by atoms with Crippen LogP contribution in [0, 0.1) is 0 Å². The number of amides is 1. The van der Waals surface area contributed by atoms with Crippen LogP contribution in [0.4, 0.5) is 11.4 Å². The van der Waals surface area contributed by atoms with Crippen molar-refractivity contribution >= 4 is 44.9 Å². The minimum absolute atomic E-state index is 0.0153. The van der Waals surface area contributed by atoms with Gasteiger partial charge in [-0.2, -0.15) is 0 Å². The highest BCUT2D eigenvalue weighted by Gasteiger charge is 2.27. The van der Waals surface area contributed by atoms with Crippen molar-refractivity contribution in [1.29, 1.82) is 0 Å². The molecule has 0 radical (unpaired) electrons. The highest BCUT2D eigenvalue weighted by Crippen LogP contribution is 2.27. The topological polar surface area (TPSA) is 102 Å². The second-order valence-corrected chi connectivity index (χ2v) is 9.08. The molecule has 0 aliphatic heterocycles. The van der Waals surface area contributed by atoms with Gasteiger partial charge in [0, 0.05) is 10.7 Å². The van der Waals surface area contributed by atoms with E-state index in [-0.39, 0.29) is 10.6 Å². The third-order valence-corrected chi connectivity index (χ3v) is 6.64. The van der Waals surface area contributed by atoms with Crippen molar-refractivity contribution in [2.24, 2.45) is 0 Å². The number of ether oxygens (including phenoxy) is 2. The fourth-order valence-electron chi connectivity index (χ4n) is 2.96. The average Bonchev–Trinajstić information content (AvgIpc) is 2.82. The van der Waals surface area contributed by atoms with Gasteiger partial charge in [-0.25, -0.2) is 13.2 Å². The number of methoxy groups -OCH3 is 2. The van der Waals surface area contributed by atoms with E-state index in [0.29, 0.717) is 22.0 Å². The molecule has 0 aliphatic rings. The number of hydrogen-bond acceptors (Lipinski definition) is 6. The number of carbonyl (C=O) groups excluding carboxylic acids is 2. The first-order chi connectivity index (χ1) is 15.7. The standard InChI is InChI=1S/C23H21ClN2O6S/c1-31-20-10-12-21(13-11-20)33(29,30)26(19-5-3-4-17(24)14-19)15-22(27)25-18-8-6-16(7-9-18)23(28)32-2/h3-14H,15H2,1-2H3,(H,25,27). The number of nitrogens with one attached hydrogen (secondary N) is 1. The van der Waals surface area contributed by atoms with Crippen LogP contribution in [-0.4, -0.2) is 41.1 Å². The van der Waals surface area contributed by atoms with Gasteiger partial charge in [0.1, 0.15) is 12.3 Å². The molecule has 0 unspecified atom stereocenters. The zero-order valence-corrected chi connectivity index (χ0v) is 19.4. The second kappa shape index (κ2) is 10.4. The predicted molar refractivity (Wildman–Crippen MR) is 125 cm³/mol. The van der Waals surface area contributed by atoms with Crippen LogP contribution < -0.4 is 14.4 Å². The lowest BCUT2D eigenvalue weighted by Gasteiger charge is -2.24. The van der Waals surface area contributed by atoms with Crippen LogP contribution in [0.1, 0.15) is 10.4 Å². The number of carbonyl (C=O) groups is 2.